The van der Waals surface area contributed by atoms with Crippen molar-refractivity contribution in [3.63, 3.8) is 0 Å². The summed E-state index contributed by atoms with van der Waals surface area (Å²) in [5.41, 5.74) is 7.20. The molecule has 134 valence electrons. The zero-order valence-corrected chi connectivity index (χ0v) is 16.1. The van der Waals surface area contributed by atoms with E-state index in [-0.39, 0.29) is 0 Å². The molecule has 0 aliphatic rings. The Balaban J connectivity index is 1.79. The average molecular weight is 359 g/mol. The minimum Gasteiger partial charge on any atom is -0.256 e. The van der Waals surface area contributed by atoms with Crippen LogP contribution in [0.4, 0.5) is 0 Å². The predicted molar refractivity (Wildman–Crippen MR) is 120 cm³/mol. The van der Waals surface area contributed by atoms with Crippen molar-refractivity contribution in [2.75, 3.05) is 0 Å². The van der Waals surface area contributed by atoms with E-state index in [1.807, 2.05) is 6.20 Å². The number of aromatic nitrogens is 1. The number of pyridine rings is 1. The molecule has 0 atom stereocenters. The molecule has 0 unspecified atom stereocenters. The van der Waals surface area contributed by atoms with Crippen LogP contribution in [0.15, 0.2) is 91.1 Å². The molecule has 28 heavy (non-hydrogen) atoms. The van der Waals surface area contributed by atoms with Gasteiger partial charge in [0.25, 0.3) is 0 Å². The van der Waals surface area contributed by atoms with E-state index in [9.17, 15) is 0 Å². The van der Waals surface area contributed by atoms with Gasteiger partial charge in [-0.2, -0.15) is 0 Å². The quantitative estimate of drug-likeness (QED) is 0.300. The lowest BCUT2D eigenvalue weighted by molar-refractivity contribution is 1.22. The van der Waals surface area contributed by atoms with Gasteiger partial charge in [-0.3, -0.25) is 4.98 Å². The molecule has 0 saturated heterocycles. The summed E-state index contributed by atoms with van der Waals surface area (Å²) in [6.45, 7) is 4.24. The zero-order valence-electron chi connectivity index (χ0n) is 16.1. The van der Waals surface area contributed by atoms with Crippen molar-refractivity contribution in [2.24, 2.45) is 0 Å². The monoisotopic (exact) mass is 359 g/mol. The Morgan fingerprint density at radius 1 is 0.571 bits per heavy atom. The molecule has 0 amide bonds. The average Bonchev–Trinajstić information content (AvgIpc) is 2.75. The highest BCUT2D eigenvalue weighted by Crippen LogP contribution is 2.36. The Hall–Kier alpha value is -3.45. The van der Waals surface area contributed by atoms with E-state index in [1.54, 1.807) is 0 Å². The third-order valence-corrected chi connectivity index (χ3v) is 5.61. The minimum absolute atomic E-state index is 1.03. The first-order chi connectivity index (χ1) is 13.7. The van der Waals surface area contributed by atoms with Crippen LogP contribution in [0.1, 0.15) is 11.1 Å². The van der Waals surface area contributed by atoms with Crippen molar-refractivity contribution >= 4 is 21.5 Å². The molecule has 1 aromatic heterocycles. The molecular weight excluding hydrogens is 338 g/mol. The van der Waals surface area contributed by atoms with Crippen molar-refractivity contribution in [3.8, 4) is 22.4 Å². The summed E-state index contributed by atoms with van der Waals surface area (Å²) < 4.78 is 0. The van der Waals surface area contributed by atoms with Crippen LogP contribution in [0.5, 0.6) is 0 Å². The van der Waals surface area contributed by atoms with Gasteiger partial charge in [0.05, 0.1) is 5.69 Å². The Morgan fingerprint density at radius 3 is 2.11 bits per heavy atom. The molecule has 0 fully saturated rings. The molecule has 0 aliphatic carbocycles. The van der Waals surface area contributed by atoms with Gasteiger partial charge in [0.15, 0.2) is 0 Å². The maximum absolute atomic E-state index is 4.66. The molecule has 1 heterocycles. The second kappa shape index (κ2) is 6.61. The maximum Gasteiger partial charge on any atom is 0.0705 e. The van der Waals surface area contributed by atoms with Gasteiger partial charge in [-0.1, -0.05) is 66.7 Å². The first-order valence-corrected chi connectivity index (χ1v) is 9.65. The fraction of sp³-hybridized carbons (Fsp3) is 0.0741. The van der Waals surface area contributed by atoms with Gasteiger partial charge in [-0.05, 0) is 75.8 Å². The molecule has 0 spiro atoms. The summed E-state index contributed by atoms with van der Waals surface area (Å²) >= 11 is 0. The molecule has 0 saturated carbocycles. The molecule has 0 radical (unpaired) electrons. The molecule has 5 rings (SSSR count). The van der Waals surface area contributed by atoms with Crippen LogP contribution in [0.2, 0.25) is 0 Å². The summed E-state index contributed by atoms with van der Waals surface area (Å²) in [6, 6.07) is 30.5. The number of hydrogen-bond donors (Lipinski definition) is 0. The van der Waals surface area contributed by atoms with Gasteiger partial charge < -0.3 is 0 Å². The largest absolute Gasteiger partial charge is 0.256 e. The molecule has 1 nitrogen and oxygen atoms in total. The maximum atomic E-state index is 4.66. The Bertz CT molecular complexity index is 1320. The summed E-state index contributed by atoms with van der Waals surface area (Å²) in [7, 11) is 0. The fourth-order valence-corrected chi connectivity index (χ4v) is 3.91. The highest BCUT2D eigenvalue weighted by molar-refractivity contribution is 6.14. The van der Waals surface area contributed by atoms with Crippen LogP contribution in [0.3, 0.4) is 0 Å². The van der Waals surface area contributed by atoms with Gasteiger partial charge in [0, 0.05) is 11.8 Å². The number of fused-ring (bicyclic) bond motifs is 3. The molecular formula is C27H21N. The van der Waals surface area contributed by atoms with E-state index in [0.29, 0.717) is 0 Å². The molecule has 0 aliphatic heterocycles. The number of aryl methyl sites for hydroxylation is 2. The highest BCUT2D eigenvalue weighted by Gasteiger charge is 2.10. The van der Waals surface area contributed by atoms with E-state index in [0.717, 1.165) is 11.3 Å². The Labute approximate surface area is 165 Å². The van der Waals surface area contributed by atoms with Gasteiger partial charge in [-0.25, -0.2) is 0 Å². The van der Waals surface area contributed by atoms with Crippen molar-refractivity contribution in [3.05, 3.63) is 102 Å². The lowest BCUT2D eigenvalue weighted by Gasteiger charge is -2.12. The van der Waals surface area contributed by atoms with Crippen molar-refractivity contribution in [2.45, 2.75) is 13.8 Å². The van der Waals surface area contributed by atoms with E-state index in [4.69, 9.17) is 0 Å². The lowest BCUT2D eigenvalue weighted by atomic mass is 9.92. The zero-order chi connectivity index (χ0) is 19.1. The van der Waals surface area contributed by atoms with E-state index in [1.165, 1.54) is 43.8 Å². The summed E-state index contributed by atoms with van der Waals surface area (Å²) in [4.78, 5) is 4.66. The highest BCUT2D eigenvalue weighted by atomic mass is 14.7. The Kier molecular flexibility index (Phi) is 3.95. The van der Waals surface area contributed by atoms with Gasteiger partial charge >= 0.3 is 0 Å². The van der Waals surface area contributed by atoms with Crippen LogP contribution >= 0.6 is 0 Å². The summed E-state index contributed by atoms with van der Waals surface area (Å²) in [5.74, 6) is 0. The molecule has 4 aromatic carbocycles. The molecule has 1 heteroatoms. The first-order valence-electron chi connectivity index (χ1n) is 9.65. The van der Waals surface area contributed by atoms with Gasteiger partial charge in [-0.15, -0.1) is 0 Å². The SMILES string of the molecule is Cc1cnc(-c2ccc3c(c2)cc(-c2ccccc2)c2ccccc23)cc1C. The van der Waals surface area contributed by atoms with Crippen LogP contribution in [0, 0.1) is 13.8 Å². The van der Waals surface area contributed by atoms with Crippen molar-refractivity contribution in [1.29, 1.82) is 0 Å². The number of benzene rings is 4. The van der Waals surface area contributed by atoms with Crippen LogP contribution < -0.4 is 0 Å². The van der Waals surface area contributed by atoms with Crippen LogP contribution in [-0.2, 0) is 0 Å². The standard InChI is InChI=1S/C27H21N/c1-18-14-27(28-17-19(18)2)21-12-13-23-22(15-21)16-26(20-8-4-3-5-9-20)25-11-7-6-10-24(23)25/h3-17H,1-2H3. The first kappa shape index (κ1) is 16.7. The third-order valence-electron chi connectivity index (χ3n) is 5.61. The summed E-state index contributed by atoms with van der Waals surface area (Å²) in [5, 5.41) is 5.11. The number of nitrogens with zero attached hydrogens (tertiary/aromatic N) is 1. The molecule has 0 N–H and O–H groups in total. The van der Waals surface area contributed by atoms with E-state index < -0.39 is 0 Å². The minimum atomic E-state index is 1.03. The Morgan fingerprint density at radius 2 is 1.32 bits per heavy atom. The lowest BCUT2D eigenvalue weighted by Crippen LogP contribution is -1.89. The van der Waals surface area contributed by atoms with E-state index >= 15 is 0 Å². The van der Waals surface area contributed by atoms with Crippen LogP contribution in [0.25, 0.3) is 43.9 Å². The molecule has 5 aromatic rings. The molecule has 0 bridgehead atoms. The van der Waals surface area contributed by atoms with E-state index in [2.05, 4.69) is 104 Å². The second-order valence-corrected chi connectivity index (χ2v) is 7.43. The third kappa shape index (κ3) is 2.76. The smallest absolute Gasteiger partial charge is 0.0705 e. The topological polar surface area (TPSA) is 12.9 Å². The van der Waals surface area contributed by atoms with Crippen molar-refractivity contribution < 1.29 is 0 Å². The van der Waals surface area contributed by atoms with Gasteiger partial charge in [0.2, 0.25) is 0 Å². The van der Waals surface area contributed by atoms with Crippen LogP contribution in [-0.4, -0.2) is 4.98 Å². The second-order valence-electron chi connectivity index (χ2n) is 7.43. The summed E-state index contributed by atoms with van der Waals surface area (Å²) in [6.07, 6.45) is 1.96. The van der Waals surface area contributed by atoms with Gasteiger partial charge in [0.1, 0.15) is 0 Å². The number of hydrogen-bond acceptors (Lipinski definition) is 1. The normalized spacial score (nSPS) is 11.2. The number of rotatable bonds is 2. The predicted octanol–water partition coefficient (Wildman–Crippen LogP) is 7.34. The fourth-order valence-electron chi connectivity index (χ4n) is 3.91. The van der Waals surface area contributed by atoms with Crippen molar-refractivity contribution in [1.82, 2.24) is 4.98 Å².